The average Bonchev–Trinajstić information content (AvgIpc) is 2.96. The highest BCUT2D eigenvalue weighted by molar-refractivity contribution is 9.10. The van der Waals surface area contributed by atoms with Crippen LogP contribution in [-0.4, -0.2) is 10.8 Å². The van der Waals surface area contributed by atoms with Crippen molar-refractivity contribution in [3.63, 3.8) is 0 Å². The molecule has 0 aliphatic rings. The van der Waals surface area contributed by atoms with E-state index in [-0.39, 0.29) is 11.4 Å². The van der Waals surface area contributed by atoms with Gasteiger partial charge in [-0.25, -0.2) is 4.98 Å². The topological polar surface area (TPSA) is 65.8 Å². The molecule has 0 radical (unpaired) electrons. The van der Waals surface area contributed by atoms with Crippen LogP contribution in [-0.2, 0) is 4.79 Å². The molecule has 0 unspecified atom stereocenters. The third-order valence-electron chi connectivity index (χ3n) is 3.03. The number of rotatable bonds is 4. The monoisotopic (exact) mass is 389 g/mol. The van der Waals surface area contributed by atoms with Gasteiger partial charge in [-0.1, -0.05) is 48.8 Å². The van der Waals surface area contributed by atoms with E-state index in [0.29, 0.717) is 5.13 Å². The molecule has 2 rings (SSSR count). The third-order valence-corrected chi connectivity index (χ3v) is 4.33. The van der Waals surface area contributed by atoms with E-state index in [1.165, 1.54) is 17.5 Å². The maximum absolute atomic E-state index is 12.1. The second-order valence-electron chi connectivity index (χ2n) is 5.94. The van der Waals surface area contributed by atoms with Crippen molar-refractivity contribution in [3.8, 4) is 17.3 Å². The van der Waals surface area contributed by atoms with E-state index in [9.17, 15) is 4.79 Å². The number of nitriles is 1. The molecule has 1 aromatic heterocycles. The number of carbonyl (C=O) groups is 1. The molecule has 0 atom stereocenters. The molecule has 4 nitrogen and oxygen atoms in total. The van der Waals surface area contributed by atoms with Gasteiger partial charge >= 0.3 is 0 Å². The van der Waals surface area contributed by atoms with Gasteiger partial charge in [-0.15, -0.1) is 11.3 Å². The minimum Gasteiger partial charge on any atom is -0.337 e. The van der Waals surface area contributed by atoms with Crippen molar-refractivity contribution in [2.45, 2.75) is 20.8 Å². The summed E-state index contributed by atoms with van der Waals surface area (Å²) in [4.78, 5) is 16.6. The third kappa shape index (κ3) is 4.50. The molecule has 0 spiro atoms. The molecule has 0 saturated heterocycles. The number of hydrogen-bond acceptors (Lipinski definition) is 5. The first-order valence-electron chi connectivity index (χ1n) is 6.94. The minimum absolute atomic E-state index is 0.0953. The molecule has 0 saturated carbocycles. The molecule has 6 heteroatoms. The van der Waals surface area contributed by atoms with Crippen LogP contribution in [0.25, 0.3) is 11.3 Å². The van der Waals surface area contributed by atoms with E-state index < -0.39 is 5.41 Å². The van der Waals surface area contributed by atoms with Gasteiger partial charge in [0.25, 0.3) is 0 Å². The van der Waals surface area contributed by atoms with E-state index in [1.807, 2.05) is 35.7 Å². The summed E-state index contributed by atoms with van der Waals surface area (Å²) in [5.41, 5.74) is 1.36. The van der Waals surface area contributed by atoms with Crippen molar-refractivity contribution in [2.75, 3.05) is 5.32 Å². The van der Waals surface area contributed by atoms with Crippen LogP contribution in [0.1, 0.15) is 20.8 Å². The molecule has 1 N–H and O–H groups in total. The number of benzene rings is 1. The predicted octanol–water partition coefficient (Wildman–Crippen LogP) is 5.01. The molecule has 2 aromatic rings. The van der Waals surface area contributed by atoms with Gasteiger partial charge in [0.15, 0.2) is 10.9 Å². The standard InChI is InChI=1S/C17H16BrN3OS/c1-17(2,3)15(22)12(8-19)9-20-16-21-14(10-23-16)11-4-6-13(18)7-5-11/h4-7,9-10H,1-3H3,(H,20,21)/b12-9+. The van der Waals surface area contributed by atoms with Crippen LogP contribution in [0.2, 0.25) is 0 Å². The molecule has 0 bridgehead atoms. The number of nitrogens with zero attached hydrogens (tertiary/aromatic N) is 2. The Bertz CT molecular complexity index is 779. The Morgan fingerprint density at radius 2 is 2.00 bits per heavy atom. The van der Waals surface area contributed by atoms with Crippen LogP contribution in [0.3, 0.4) is 0 Å². The number of halogens is 1. The van der Waals surface area contributed by atoms with Crippen LogP contribution >= 0.6 is 27.3 Å². The highest BCUT2D eigenvalue weighted by atomic mass is 79.9. The first-order chi connectivity index (χ1) is 10.8. The van der Waals surface area contributed by atoms with Crippen molar-refractivity contribution in [3.05, 3.63) is 45.9 Å². The number of allylic oxidation sites excluding steroid dienone is 1. The Morgan fingerprint density at radius 1 is 1.35 bits per heavy atom. The van der Waals surface area contributed by atoms with E-state index in [4.69, 9.17) is 5.26 Å². The Labute approximate surface area is 148 Å². The van der Waals surface area contributed by atoms with Gasteiger partial charge in [0.1, 0.15) is 11.6 Å². The average molecular weight is 390 g/mol. The zero-order valence-electron chi connectivity index (χ0n) is 13.1. The van der Waals surface area contributed by atoms with E-state index in [1.54, 1.807) is 20.8 Å². The summed E-state index contributed by atoms with van der Waals surface area (Å²) >= 11 is 4.82. The Balaban J connectivity index is 2.16. The number of hydrogen-bond donors (Lipinski definition) is 1. The first-order valence-corrected chi connectivity index (χ1v) is 8.61. The van der Waals surface area contributed by atoms with Crippen molar-refractivity contribution in [1.82, 2.24) is 4.98 Å². The van der Waals surface area contributed by atoms with Gasteiger partial charge < -0.3 is 5.32 Å². The normalized spacial score (nSPS) is 11.9. The summed E-state index contributed by atoms with van der Waals surface area (Å²) in [6.07, 6.45) is 1.43. The molecule has 0 aliphatic carbocycles. The fraction of sp³-hybridized carbons (Fsp3) is 0.235. The number of ketones is 1. The quantitative estimate of drug-likeness (QED) is 0.589. The summed E-state index contributed by atoms with van der Waals surface area (Å²) in [7, 11) is 0. The number of nitrogens with one attached hydrogen (secondary N) is 1. The maximum Gasteiger partial charge on any atom is 0.187 e. The molecule has 0 amide bonds. The van der Waals surface area contributed by atoms with Crippen LogP contribution in [0.5, 0.6) is 0 Å². The Morgan fingerprint density at radius 3 is 2.57 bits per heavy atom. The second-order valence-corrected chi connectivity index (χ2v) is 7.71. The Kier molecular flexibility index (Phi) is 5.34. The molecular formula is C17H16BrN3OS. The number of anilines is 1. The van der Waals surface area contributed by atoms with Gasteiger partial charge in [0.2, 0.25) is 0 Å². The van der Waals surface area contributed by atoms with Gasteiger partial charge in [0.05, 0.1) is 5.69 Å². The highest BCUT2D eigenvalue weighted by Crippen LogP contribution is 2.26. The summed E-state index contributed by atoms with van der Waals surface area (Å²) < 4.78 is 1.01. The summed E-state index contributed by atoms with van der Waals surface area (Å²) in [6.45, 7) is 5.36. The van der Waals surface area contributed by atoms with Gasteiger partial charge in [-0.2, -0.15) is 5.26 Å². The largest absolute Gasteiger partial charge is 0.337 e. The van der Waals surface area contributed by atoms with E-state index >= 15 is 0 Å². The lowest BCUT2D eigenvalue weighted by molar-refractivity contribution is -0.122. The molecule has 23 heavy (non-hydrogen) atoms. The maximum atomic E-state index is 12.1. The van der Waals surface area contributed by atoms with Gasteiger partial charge in [-0.3, -0.25) is 4.79 Å². The van der Waals surface area contributed by atoms with Crippen molar-refractivity contribution < 1.29 is 4.79 Å². The number of carbonyl (C=O) groups excluding carboxylic acids is 1. The first kappa shape index (κ1) is 17.4. The molecular weight excluding hydrogens is 374 g/mol. The molecule has 0 fully saturated rings. The number of thiazole rings is 1. The van der Waals surface area contributed by atoms with Crippen LogP contribution < -0.4 is 5.32 Å². The SMILES string of the molecule is CC(C)(C)C(=O)/C(C#N)=C/Nc1nc(-c2ccc(Br)cc2)cs1. The molecule has 1 heterocycles. The molecule has 0 aliphatic heterocycles. The fourth-order valence-electron chi connectivity index (χ4n) is 1.78. The van der Waals surface area contributed by atoms with E-state index in [2.05, 4.69) is 26.2 Å². The van der Waals surface area contributed by atoms with Crippen LogP contribution in [0.4, 0.5) is 5.13 Å². The minimum atomic E-state index is -0.589. The smallest absolute Gasteiger partial charge is 0.187 e. The van der Waals surface area contributed by atoms with Crippen molar-refractivity contribution in [2.24, 2.45) is 5.41 Å². The second kappa shape index (κ2) is 7.07. The van der Waals surface area contributed by atoms with E-state index in [0.717, 1.165) is 15.7 Å². The van der Waals surface area contributed by atoms with Gasteiger partial charge in [-0.05, 0) is 12.1 Å². The van der Waals surface area contributed by atoms with Crippen molar-refractivity contribution >= 4 is 38.2 Å². The Hall–Kier alpha value is -1.97. The lowest BCUT2D eigenvalue weighted by Crippen LogP contribution is -2.22. The van der Waals surface area contributed by atoms with Crippen LogP contribution in [0.15, 0.2) is 45.9 Å². The van der Waals surface area contributed by atoms with Gasteiger partial charge in [0, 0.05) is 27.0 Å². The van der Waals surface area contributed by atoms with Crippen molar-refractivity contribution in [1.29, 1.82) is 5.26 Å². The zero-order valence-corrected chi connectivity index (χ0v) is 15.5. The summed E-state index contributed by atoms with van der Waals surface area (Å²) in [5, 5.41) is 14.7. The highest BCUT2D eigenvalue weighted by Gasteiger charge is 2.25. The molecule has 118 valence electrons. The predicted molar refractivity (Wildman–Crippen MR) is 97.0 cm³/mol. The number of Topliss-reactive ketones (excluding diaryl/α,β-unsaturated/α-hetero) is 1. The lowest BCUT2D eigenvalue weighted by Gasteiger charge is -2.15. The zero-order chi connectivity index (χ0) is 17.0. The molecule has 1 aromatic carbocycles. The summed E-state index contributed by atoms with van der Waals surface area (Å²) in [6, 6.07) is 9.81. The van der Waals surface area contributed by atoms with Crippen LogP contribution in [0, 0.1) is 16.7 Å². The lowest BCUT2D eigenvalue weighted by atomic mass is 9.87. The number of aromatic nitrogens is 1. The summed E-state index contributed by atoms with van der Waals surface area (Å²) in [5.74, 6) is -0.197. The fourth-order valence-corrected chi connectivity index (χ4v) is 2.73.